The lowest BCUT2D eigenvalue weighted by molar-refractivity contribution is 0.282. The van der Waals surface area contributed by atoms with Crippen LogP contribution in [-0.2, 0) is 0 Å². The smallest absolute Gasteiger partial charge is 0.0193 e. The van der Waals surface area contributed by atoms with Gasteiger partial charge in [0.2, 0.25) is 0 Å². The van der Waals surface area contributed by atoms with Gasteiger partial charge in [-0.1, -0.05) is 44.2 Å². The quantitative estimate of drug-likeness (QED) is 0.794. The Morgan fingerprint density at radius 3 is 2.00 bits per heavy atom. The molecule has 84 valence electrons. The van der Waals surface area contributed by atoms with Crippen LogP contribution >= 0.6 is 0 Å². The summed E-state index contributed by atoms with van der Waals surface area (Å²) in [4.78, 5) is 0. The second-order valence-electron chi connectivity index (χ2n) is 5.10. The minimum Gasteiger partial charge on any atom is -0.314 e. The van der Waals surface area contributed by atoms with Crippen LogP contribution in [0.15, 0.2) is 30.3 Å². The third-order valence-electron chi connectivity index (χ3n) is 3.25. The molecule has 1 rings (SSSR count). The van der Waals surface area contributed by atoms with Crippen molar-refractivity contribution in [2.75, 3.05) is 7.05 Å². The zero-order chi connectivity index (χ0) is 11.5. The highest BCUT2D eigenvalue weighted by Gasteiger charge is 2.31. The van der Waals surface area contributed by atoms with Crippen molar-refractivity contribution >= 4 is 0 Å². The highest BCUT2D eigenvalue weighted by atomic mass is 14.9. The van der Waals surface area contributed by atoms with Crippen LogP contribution in [0.1, 0.15) is 39.2 Å². The summed E-state index contributed by atoms with van der Waals surface area (Å²) in [5.74, 6) is 1.18. The first-order chi connectivity index (χ1) is 6.99. The van der Waals surface area contributed by atoms with Crippen molar-refractivity contribution in [2.24, 2.45) is 5.92 Å². The first-order valence-corrected chi connectivity index (χ1v) is 5.73. The van der Waals surface area contributed by atoms with Crippen molar-refractivity contribution in [3.8, 4) is 0 Å². The summed E-state index contributed by atoms with van der Waals surface area (Å²) < 4.78 is 0. The highest BCUT2D eigenvalue weighted by Crippen LogP contribution is 2.34. The van der Waals surface area contributed by atoms with Gasteiger partial charge in [-0.05, 0) is 32.4 Å². The summed E-state index contributed by atoms with van der Waals surface area (Å²) in [5.41, 5.74) is 1.56. The van der Waals surface area contributed by atoms with Gasteiger partial charge in [-0.3, -0.25) is 0 Å². The standard InChI is InChI=1S/C14H23N/c1-11(2)13(14(3,4)15-5)12-9-7-6-8-10-12/h6-11,13,15H,1-5H3/t13-/m0/s1. The first kappa shape index (κ1) is 12.3. The van der Waals surface area contributed by atoms with E-state index >= 15 is 0 Å². The lowest BCUT2D eigenvalue weighted by Crippen LogP contribution is -2.44. The first-order valence-electron chi connectivity index (χ1n) is 5.73. The normalized spacial score (nSPS) is 14.3. The molecule has 0 aromatic heterocycles. The zero-order valence-corrected chi connectivity index (χ0v) is 10.5. The maximum Gasteiger partial charge on any atom is 0.0193 e. The Kier molecular flexibility index (Phi) is 3.92. The van der Waals surface area contributed by atoms with Gasteiger partial charge in [0.25, 0.3) is 0 Å². The van der Waals surface area contributed by atoms with Crippen molar-refractivity contribution in [3.63, 3.8) is 0 Å². The number of likely N-dealkylation sites (N-methyl/N-ethyl adjacent to an activating group) is 1. The van der Waals surface area contributed by atoms with Crippen molar-refractivity contribution in [3.05, 3.63) is 35.9 Å². The Balaban J connectivity index is 3.04. The molecule has 0 saturated carbocycles. The van der Waals surface area contributed by atoms with Crippen LogP contribution in [0.25, 0.3) is 0 Å². The minimum absolute atomic E-state index is 0.134. The maximum atomic E-state index is 3.42. The molecule has 0 fully saturated rings. The molecule has 0 spiro atoms. The predicted octanol–water partition coefficient (Wildman–Crippen LogP) is 3.42. The topological polar surface area (TPSA) is 12.0 Å². The van der Waals surface area contributed by atoms with Crippen LogP contribution in [0.3, 0.4) is 0 Å². The number of hydrogen-bond acceptors (Lipinski definition) is 1. The average molecular weight is 205 g/mol. The molecule has 1 aromatic carbocycles. The molecule has 0 aliphatic rings. The van der Waals surface area contributed by atoms with Crippen molar-refractivity contribution < 1.29 is 0 Å². The predicted molar refractivity (Wildman–Crippen MR) is 67.2 cm³/mol. The average Bonchev–Trinajstić information content (AvgIpc) is 2.18. The molecule has 0 heterocycles. The van der Waals surface area contributed by atoms with E-state index < -0.39 is 0 Å². The molecule has 0 saturated heterocycles. The molecule has 1 N–H and O–H groups in total. The Morgan fingerprint density at radius 1 is 1.07 bits per heavy atom. The number of rotatable bonds is 4. The van der Waals surface area contributed by atoms with Crippen LogP contribution < -0.4 is 5.32 Å². The molecular formula is C14H23N. The Bertz CT molecular complexity index is 287. The van der Waals surface area contributed by atoms with Gasteiger partial charge >= 0.3 is 0 Å². The molecule has 0 aliphatic heterocycles. The summed E-state index contributed by atoms with van der Waals surface area (Å²) >= 11 is 0. The number of hydrogen-bond donors (Lipinski definition) is 1. The van der Waals surface area contributed by atoms with E-state index in [4.69, 9.17) is 0 Å². The molecule has 0 unspecified atom stereocenters. The molecule has 1 aromatic rings. The van der Waals surface area contributed by atoms with Crippen molar-refractivity contribution in [1.29, 1.82) is 0 Å². The molecule has 1 atom stereocenters. The van der Waals surface area contributed by atoms with Gasteiger partial charge in [-0.2, -0.15) is 0 Å². The minimum atomic E-state index is 0.134. The van der Waals surface area contributed by atoms with E-state index in [2.05, 4.69) is 63.3 Å². The van der Waals surface area contributed by atoms with Crippen LogP contribution in [0.4, 0.5) is 0 Å². The van der Waals surface area contributed by atoms with Crippen LogP contribution in [0, 0.1) is 5.92 Å². The zero-order valence-electron chi connectivity index (χ0n) is 10.5. The molecule has 1 heteroatoms. The molecule has 15 heavy (non-hydrogen) atoms. The maximum absolute atomic E-state index is 3.42. The lowest BCUT2D eigenvalue weighted by Gasteiger charge is -2.37. The highest BCUT2D eigenvalue weighted by molar-refractivity contribution is 5.23. The summed E-state index contributed by atoms with van der Waals surface area (Å²) in [5, 5.41) is 3.42. The van der Waals surface area contributed by atoms with E-state index in [9.17, 15) is 0 Å². The van der Waals surface area contributed by atoms with Gasteiger partial charge in [0.1, 0.15) is 0 Å². The van der Waals surface area contributed by atoms with Gasteiger partial charge in [-0.15, -0.1) is 0 Å². The van der Waals surface area contributed by atoms with E-state index in [0.717, 1.165) is 0 Å². The third-order valence-corrected chi connectivity index (χ3v) is 3.25. The van der Waals surface area contributed by atoms with Gasteiger partial charge in [-0.25, -0.2) is 0 Å². The SMILES string of the molecule is CNC(C)(C)[C@H](c1ccccc1)C(C)C. The lowest BCUT2D eigenvalue weighted by atomic mass is 9.75. The van der Waals surface area contributed by atoms with E-state index in [1.165, 1.54) is 5.56 Å². The number of nitrogens with one attached hydrogen (secondary N) is 1. The second-order valence-corrected chi connectivity index (χ2v) is 5.10. The van der Waals surface area contributed by atoms with E-state index in [1.807, 2.05) is 7.05 Å². The monoisotopic (exact) mass is 205 g/mol. The Morgan fingerprint density at radius 2 is 1.60 bits per heavy atom. The summed E-state index contributed by atoms with van der Waals surface area (Å²) in [6.45, 7) is 9.11. The molecular weight excluding hydrogens is 182 g/mol. The van der Waals surface area contributed by atoms with Crippen molar-refractivity contribution in [2.45, 2.75) is 39.2 Å². The van der Waals surface area contributed by atoms with E-state index in [1.54, 1.807) is 0 Å². The summed E-state index contributed by atoms with van der Waals surface area (Å²) in [7, 11) is 2.04. The van der Waals surface area contributed by atoms with Gasteiger partial charge in [0.05, 0.1) is 0 Å². The van der Waals surface area contributed by atoms with E-state index in [0.29, 0.717) is 11.8 Å². The Labute approximate surface area is 93.9 Å². The number of benzene rings is 1. The molecule has 0 amide bonds. The molecule has 0 radical (unpaired) electrons. The molecule has 0 aliphatic carbocycles. The van der Waals surface area contributed by atoms with Gasteiger partial charge in [0, 0.05) is 11.5 Å². The van der Waals surface area contributed by atoms with Gasteiger partial charge in [0.15, 0.2) is 0 Å². The fourth-order valence-electron chi connectivity index (χ4n) is 2.45. The van der Waals surface area contributed by atoms with E-state index in [-0.39, 0.29) is 5.54 Å². The fourth-order valence-corrected chi connectivity index (χ4v) is 2.45. The van der Waals surface area contributed by atoms with Crippen LogP contribution in [-0.4, -0.2) is 12.6 Å². The molecule has 0 bridgehead atoms. The Hall–Kier alpha value is -0.820. The van der Waals surface area contributed by atoms with Crippen LogP contribution in [0.5, 0.6) is 0 Å². The van der Waals surface area contributed by atoms with Crippen LogP contribution in [0.2, 0.25) is 0 Å². The van der Waals surface area contributed by atoms with Gasteiger partial charge < -0.3 is 5.32 Å². The third kappa shape index (κ3) is 2.82. The largest absolute Gasteiger partial charge is 0.314 e. The molecule has 1 nitrogen and oxygen atoms in total. The second kappa shape index (κ2) is 4.80. The summed E-state index contributed by atoms with van der Waals surface area (Å²) in [6, 6.07) is 10.8. The fraction of sp³-hybridized carbons (Fsp3) is 0.571. The summed E-state index contributed by atoms with van der Waals surface area (Å²) in [6.07, 6.45) is 0. The van der Waals surface area contributed by atoms with Crippen molar-refractivity contribution in [1.82, 2.24) is 5.32 Å².